The average molecular weight is 298 g/mol. The van der Waals surface area contributed by atoms with Crippen LogP contribution in [0.25, 0.3) is 11.0 Å². The highest BCUT2D eigenvalue weighted by molar-refractivity contribution is 5.94. The number of nitrogens with one attached hydrogen (secondary N) is 2. The lowest BCUT2D eigenvalue weighted by molar-refractivity contribution is 0.0731. The van der Waals surface area contributed by atoms with Gasteiger partial charge in [0.25, 0.3) is 5.91 Å². The highest BCUT2D eigenvalue weighted by Gasteiger charge is 2.32. The second kappa shape index (κ2) is 4.98. The van der Waals surface area contributed by atoms with Crippen molar-refractivity contribution in [1.29, 1.82) is 0 Å². The molecule has 5 nitrogen and oxygen atoms in total. The van der Waals surface area contributed by atoms with Crippen molar-refractivity contribution >= 4 is 16.9 Å². The molecule has 4 rings (SSSR count). The van der Waals surface area contributed by atoms with Gasteiger partial charge in [0, 0.05) is 18.9 Å². The standard InChI is InChI=1S/C16H15FN4O/c17-11-3-4-12-13(8-11)20-15(19-12)14-2-1-7-21(14)16(22)10-5-6-18-9-10/h3-6,8-9,14,18H,1-2,7H2,(H,19,20)/t14-/m1/s1. The summed E-state index contributed by atoms with van der Waals surface area (Å²) in [6.07, 6.45) is 5.23. The summed E-state index contributed by atoms with van der Waals surface area (Å²) in [5, 5.41) is 0. The number of rotatable bonds is 2. The first-order valence-electron chi connectivity index (χ1n) is 7.31. The summed E-state index contributed by atoms with van der Waals surface area (Å²) in [5.41, 5.74) is 2.03. The van der Waals surface area contributed by atoms with Crippen molar-refractivity contribution in [3.63, 3.8) is 0 Å². The lowest BCUT2D eigenvalue weighted by atomic mass is 10.2. The van der Waals surface area contributed by atoms with Crippen LogP contribution in [0.5, 0.6) is 0 Å². The first kappa shape index (κ1) is 13.1. The van der Waals surface area contributed by atoms with E-state index in [1.807, 2.05) is 4.90 Å². The smallest absolute Gasteiger partial charge is 0.256 e. The van der Waals surface area contributed by atoms with Gasteiger partial charge < -0.3 is 14.9 Å². The fraction of sp³-hybridized carbons (Fsp3) is 0.250. The molecule has 1 aliphatic rings. The Labute approximate surface area is 126 Å². The van der Waals surface area contributed by atoms with E-state index in [0.29, 0.717) is 17.6 Å². The van der Waals surface area contributed by atoms with Crippen LogP contribution < -0.4 is 0 Å². The SMILES string of the molecule is O=C(c1cc[nH]c1)N1CCC[C@@H]1c1nc2ccc(F)cc2[nH]1. The molecule has 0 radical (unpaired) electrons. The zero-order valence-electron chi connectivity index (χ0n) is 11.8. The van der Waals surface area contributed by atoms with Gasteiger partial charge in [-0.15, -0.1) is 0 Å². The maximum Gasteiger partial charge on any atom is 0.256 e. The molecule has 3 aromatic rings. The van der Waals surface area contributed by atoms with Crippen molar-refractivity contribution in [2.75, 3.05) is 6.54 Å². The van der Waals surface area contributed by atoms with E-state index in [1.54, 1.807) is 24.5 Å². The van der Waals surface area contributed by atoms with Gasteiger partial charge in [-0.05, 0) is 37.1 Å². The van der Waals surface area contributed by atoms with Crippen LogP contribution in [0.4, 0.5) is 4.39 Å². The maximum absolute atomic E-state index is 13.3. The van der Waals surface area contributed by atoms with Crippen LogP contribution >= 0.6 is 0 Å². The van der Waals surface area contributed by atoms with Crippen LogP contribution in [0, 0.1) is 5.82 Å². The molecule has 0 spiro atoms. The monoisotopic (exact) mass is 298 g/mol. The summed E-state index contributed by atoms with van der Waals surface area (Å²) in [6.45, 7) is 0.708. The Morgan fingerprint density at radius 1 is 1.36 bits per heavy atom. The fourth-order valence-electron chi connectivity index (χ4n) is 3.08. The van der Waals surface area contributed by atoms with Crippen molar-refractivity contribution in [3.05, 3.63) is 53.9 Å². The highest BCUT2D eigenvalue weighted by Crippen LogP contribution is 2.32. The van der Waals surface area contributed by atoms with Gasteiger partial charge in [-0.1, -0.05) is 0 Å². The van der Waals surface area contributed by atoms with Gasteiger partial charge in [0.1, 0.15) is 11.6 Å². The number of aromatic amines is 2. The number of imidazole rings is 1. The summed E-state index contributed by atoms with van der Waals surface area (Å²) >= 11 is 0. The predicted octanol–water partition coefficient (Wildman–Crippen LogP) is 3.01. The van der Waals surface area contributed by atoms with Crippen LogP contribution in [0.2, 0.25) is 0 Å². The number of fused-ring (bicyclic) bond motifs is 1. The lowest BCUT2D eigenvalue weighted by Crippen LogP contribution is -2.30. The number of amides is 1. The minimum atomic E-state index is -0.297. The molecule has 0 saturated carbocycles. The second-order valence-electron chi connectivity index (χ2n) is 5.54. The quantitative estimate of drug-likeness (QED) is 0.764. The molecule has 1 fully saturated rings. The number of hydrogen-bond acceptors (Lipinski definition) is 2. The van der Waals surface area contributed by atoms with Gasteiger partial charge in [0.15, 0.2) is 0 Å². The Balaban J connectivity index is 1.68. The molecule has 0 aliphatic carbocycles. The molecule has 1 saturated heterocycles. The third-order valence-electron chi connectivity index (χ3n) is 4.14. The molecular formula is C16H15FN4O. The number of aromatic nitrogens is 3. The molecular weight excluding hydrogens is 283 g/mol. The van der Waals surface area contributed by atoms with Crippen molar-refractivity contribution in [3.8, 4) is 0 Å². The first-order valence-corrected chi connectivity index (χ1v) is 7.31. The predicted molar refractivity (Wildman–Crippen MR) is 79.9 cm³/mol. The summed E-state index contributed by atoms with van der Waals surface area (Å²) in [6, 6.07) is 6.16. The first-order chi connectivity index (χ1) is 10.7. The van der Waals surface area contributed by atoms with Crippen LogP contribution in [0.1, 0.15) is 35.1 Å². The van der Waals surface area contributed by atoms with E-state index in [1.165, 1.54) is 12.1 Å². The molecule has 0 unspecified atom stereocenters. The Kier molecular flexibility index (Phi) is 2.96. The van der Waals surface area contributed by atoms with Crippen molar-refractivity contribution in [2.45, 2.75) is 18.9 Å². The molecule has 0 bridgehead atoms. The number of likely N-dealkylation sites (tertiary alicyclic amines) is 1. The Hall–Kier alpha value is -2.63. The van der Waals surface area contributed by atoms with Crippen molar-refractivity contribution < 1.29 is 9.18 Å². The topological polar surface area (TPSA) is 64.8 Å². The molecule has 2 aromatic heterocycles. The number of halogens is 1. The average Bonchev–Trinajstić information content (AvgIpc) is 3.24. The normalized spacial score (nSPS) is 18.2. The molecule has 1 aromatic carbocycles. The van der Waals surface area contributed by atoms with E-state index in [0.717, 1.165) is 24.2 Å². The number of H-pyrrole nitrogens is 2. The summed E-state index contributed by atoms with van der Waals surface area (Å²) in [5.74, 6) is 0.423. The van der Waals surface area contributed by atoms with Gasteiger partial charge in [-0.3, -0.25) is 4.79 Å². The van der Waals surface area contributed by atoms with Gasteiger partial charge in [0.2, 0.25) is 0 Å². The number of hydrogen-bond donors (Lipinski definition) is 2. The van der Waals surface area contributed by atoms with E-state index >= 15 is 0 Å². The largest absolute Gasteiger partial charge is 0.367 e. The van der Waals surface area contributed by atoms with E-state index in [4.69, 9.17) is 0 Å². The fourth-order valence-corrected chi connectivity index (χ4v) is 3.08. The van der Waals surface area contributed by atoms with Gasteiger partial charge in [-0.25, -0.2) is 9.37 Å². The molecule has 1 atom stereocenters. The minimum Gasteiger partial charge on any atom is -0.367 e. The highest BCUT2D eigenvalue weighted by atomic mass is 19.1. The van der Waals surface area contributed by atoms with Gasteiger partial charge in [-0.2, -0.15) is 0 Å². The summed E-state index contributed by atoms with van der Waals surface area (Å²) < 4.78 is 13.3. The molecule has 22 heavy (non-hydrogen) atoms. The lowest BCUT2D eigenvalue weighted by Gasteiger charge is -2.22. The minimum absolute atomic E-state index is 0.00427. The van der Waals surface area contributed by atoms with Crippen LogP contribution in [0.3, 0.4) is 0 Å². The third-order valence-corrected chi connectivity index (χ3v) is 4.14. The zero-order chi connectivity index (χ0) is 15.1. The third kappa shape index (κ3) is 2.07. The number of nitrogens with zero attached hydrogens (tertiary/aromatic N) is 2. The van der Waals surface area contributed by atoms with Gasteiger partial charge >= 0.3 is 0 Å². The molecule has 3 heterocycles. The summed E-state index contributed by atoms with van der Waals surface area (Å²) in [4.78, 5) is 25.0. The number of carbonyl (C=O) groups is 1. The van der Waals surface area contributed by atoms with E-state index in [-0.39, 0.29) is 17.8 Å². The molecule has 1 aliphatic heterocycles. The van der Waals surface area contributed by atoms with Gasteiger partial charge in [0.05, 0.1) is 22.6 Å². The molecule has 112 valence electrons. The van der Waals surface area contributed by atoms with Crippen molar-refractivity contribution in [2.24, 2.45) is 0 Å². The van der Waals surface area contributed by atoms with E-state index in [2.05, 4.69) is 15.0 Å². The maximum atomic E-state index is 13.3. The molecule has 1 amide bonds. The van der Waals surface area contributed by atoms with Crippen LogP contribution in [-0.2, 0) is 0 Å². The van der Waals surface area contributed by atoms with E-state index in [9.17, 15) is 9.18 Å². The zero-order valence-corrected chi connectivity index (χ0v) is 11.8. The van der Waals surface area contributed by atoms with Crippen molar-refractivity contribution in [1.82, 2.24) is 19.9 Å². The van der Waals surface area contributed by atoms with Crippen LogP contribution in [0.15, 0.2) is 36.7 Å². The Morgan fingerprint density at radius 2 is 2.27 bits per heavy atom. The number of carbonyl (C=O) groups excluding carboxylic acids is 1. The molecule has 2 N–H and O–H groups in total. The van der Waals surface area contributed by atoms with Crippen LogP contribution in [-0.4, -0.2) is 32.3 Å². The number of benzene rings is 1. The molecule has 6 heteroatoms. The second-order valence-corrected chi connectivity index (χ2v) is 5.54. The van der Waals surface area contributed by atoms with E-state index < -0.39 is 0 Å². The Morgan fingerprint density at radius 3 is 3.09 bits per heavy atom. The summed E-state index contributed by atoms with van der Waals surface area (Å²) in [7, 11) is 0. The Bertz CT molecular complexity index is 824.